The van der Waals surface area contributed by atoms with E-state index >= 15 is 0 Å². The van der Waals surface area contributed by atoms with E-state index in [1.54, 1.807) is 26.2 Å². The highest BCUT2D eigenvalue weighted by Gasteiger charge is 2.08. The summed E-state index contributed by atoms with van der Waals surface area (Å²) in [4.78, 5) is 17.9. The van der Waals surface area contributed by atoms with E-state index in [4.69, 9.17) is 5.26 Å². The molecular weight excluding hydrogens is 484 g/mol. The van der Waals surface area contributed by atoms with E-state index in [0.29, 0.717) is 35.7 Å². The number of nitriles is 1. The molecule has 2 N–H and O–H groups in total. The lowest BCUT2D eigenvalue weighted by Crippen LogP contribution is -2.37. The summed E-state index contributed by atoms with van der Waals surface area (Å²) in [7, 11) is 3.42. The van der Waals surface area contributed by atoms with Crippen LogP contribution in [0.4, 0.5) is 4.39 Å². The summed E-state index contributed by atoms with van der Waals surface area (Å²) < 4.78 is 13.9. The Hall–Kier alpha value is -2.67. The maximum absolute atomic E-state index is 13.9. The van der Waals surface area contributed by atoms with Gasteiger partial charge < -0.3 is 15.5 Å². The zero-order valence-corrected chi connectivity index (χ0v) is 19.0. The second kappa shape index (κ2) is 12.0. The fourth-order valence-electron chi connectivity index (χ4n) is 2.48. The Labute approximate surface area is 187 Å². The number of halogens is 2. The van der Waals surface area contributed by atoms with E-state index in [1.807, 2.05) is 25.1 Å². The minimum absolute atomic E-state index is 0. The van der Waals surface area contributed by atoms with Crippen molar-refractivity contribution < 1.29 is 9.18 Å². The van der Waals surface area contributed by atoms with Gasteiger partial charge in [0.25, 0.3) is 5.91 Å². The Bertz CT molecular complexity index is 891. The second-order valence-corrected chi connectivity index (χ2v) is 6.36. The van der Waals surface area contributed by atoms with Crippen molar-refractivity contribution >= 4 is 35.8 Å². The van der Waals surface area contributed by atoms with Crippen LogP contribution in [0.2, 0.25) is 0 Å². The molecular formula is C21H25FIN5O. The molecule has 0 atom stereocenters. The average molecular weight is 509 g/mol. The fourth-order valence-corrected chi connectivity index (χ4v) is 2.48. The summed E-state index contributed by atoms with van der Waals surface area (Å²) in [6.45, 7) is 3.22. The number of rotatable bonds is 6. The molecule has 0 spiro atoms. The third kappa shape index (κ3) is 7.34. The molecule has 0 aliphatic carbocycles. The highest BCUT2D eigenvalue weighted by Crippen LogP contribution is 2.10. The van der Waals surface area contributed by atoms with Gasteiger partial charge in [-0.25, -0.2) is 9.38 Å². The highest BCUT2D eigenvalue weighted by atomic mass is 127. The summed E-state index contributed by atoms with van der Waals surface area (Å²) >= 11 is 0. The van der Waals surface area contributed by atoms with Crippen LogP contribution in [-0.2, 0) is 13.1 Å². The van der Waals surface area contributed by atoms with Crippen LogP contribution in [0, 0.1) is 17.1 Å². The zero-order chi connectivity index (χ0) is 20.5. The predicted octanol–water partition coefficient (Wildman–Crippen LogP) is 3.27. The molecule has 0 saturated heterocycles. The molecule has 2 rings (SSSR count). The number of nitrogens with one attached hydrogen (secondary N) is 2. The third-order valence-electron chi connectivity index (χ3n) is 3.99. The largest absolute Gasteiger partial charge is 0.357 e. The van der Waals surface area contributed by atoms with Crippen LogP contribution < -0.4 is 10.6 Å². The molecule has 0 aliphatic rings. The lowest BCUT2D eigenvalue weighted by Gasteiger charge is -2.12. The molecule has 0 bridgehead atoms. The van der Waals surface area contributed by atoms with Crippen molar-refractivity contribution in [1.82, 2.24) is 15.5 Å². The first-order chi connectivity index (χ1) is 13.4. The minimum atomic E-state index is -0.372. The molecule has 6 nitrogen and oxygen atoms in total. The van der Waals surface area contributed by atoms with Crippen LogP contribution >= 0.6 is 24.0 Å². The summed E-state index contributed by atoms with van der Waals surface area (Å²) in [6.07, 6.45) is 0. The number of carbonyl (C=O) groups excluding carboxylic acids is 1. The molecule has 0 fully saturated rings. The Morgan fingerprint density at radius 1 is 1.17 bits per heavy atom. The van der Waals surface area contributed by atoms with Crippen molar-refractivity contribution in [3.05, 3.63) is 70.5 Å². The monoisotopic (exact) mass is 509 g/mol. The molecule has 154 valence electrons. The summed E-state index contributed by atoms with van der Waals surface area (Å²) in [5.41, 5.74) is 2.38. The predicted molar refractivity (Wildman–Crippen MR) is 123 cm³/mol. The van der Waals surface area contributed by atoms with Crippen molar-refractivity contribution in [3.63, 3.8) is 0 Å². The number of nitrogens with zero attached hydrogens (tertiary/aromatic N) is 3. The van der Waals surface area contributed by atoms with E-state index in [1.165, 1.54) is 23.1 Å². The minimum Gasteiger partial charge on any atom is -0.357 e. The van der Waals surface area contributed by atoms with Crippen molar-refractivity contribution in [2.75, 3.05) is 20.6 Å². The smallest absolute Gasteiger partial charge is 0.253 e. The molecule has 0 heterocycles. The molecule has 8 heteroatoms. The standard InChI is InChI=1S/C21H24FN5O.HI/c1-4-24-21(26-14-18-11-16(12-23)7-10-19(18)22)25-13-15-5-8-17(9-6-15)20(28)27(2)3;/h5-11H,4,13-14H2,1-3H3,(H2,24,25,26);1H. The maximum Gasteiger partial charge on any atom is 0.253 e. The number of hydrogen-bond donors (Lipinski definition) is 2. The highest BCUT2D eigenvalue weighted by molar-refractivity contribution is 14.0. The average Bonchev–Trinajstić information content (AvgIpc) is 2.70. The Morgan fingerprint density at radius 3 is 2.45 bits per heavy atom. The Morgan fingerprint density at radius 2 is 1.86 bits per heavy atom. The van der Waals surface area contributed by atoms with Gasteiger partial charge in [-0.3, -0.25) is 4.79 Å². The Kier molecular flexibility index (Phi) is 10.1. The van der Waals surface area contributed by atoms with Gasteiger partial charge in [0.2, 0.25) is 0 Å². The molecule has 0 aliphatic heterocycles. The summed E-state index contributed by atoms with van der Waals surface area (Å²) in [6, 6.07) is 13.5. The second-order valence-electron chi connectivity index (χ2n) is 6.36. The number of aliphatic imine (C=N–C) groups is 1. The van der Waals surface area contributed by atoms with Crippen LogP contribution in [0.25, 0.3) is 0 Å². The lowest BCUT2D eigenvalue weighted by molar-refractivity contribution is 0.0827. The summed E-state index contributed by atoms with van der Waals surface area (Å²) in [5, 5.41) is 15.1. The number of hydrogen-bond acceptors (Lipinski definition) is 3. The van der Waals surface area contributed by atoms with Gasteiger partial charge in [-0.2, -0.15) is 5.26 Å². The quantitative estimate of drug-likeness (QED) is 0.356. The van der Waals surface area contributed by atoms with Crippen molar-refractivity contribution in [3.8, 4) is 6.07 Å². The van der Waals surface area contributed by atoms with Crippen LogP contribution in [-0.4, -0.2) is 37.4 Å². The van der Waals surface area contributed by atoms with Crippen LogP contribution in [0.3, 0.4) is 0 Å². The van der Waals surface area contributed by atoms with E-state index < -0.39 is 0 Å². The van der Waals surface area contributed by atoms with Crippen molar-refractivity contribution in [1.29, 1.82) is 5.26 Å². The van der Waals surface area contributed by atoms with Gasteiger partial charge in [0, 0.05) is 38.3 Å². The first kappa shape index (κ1) is 24.4. The molecule has 0 saturated carbocycles. The van der Waals surface area contributed by atoms with Gasteiger partial charge in [-0.05, 0) is 42.8 Å². The number of carbonyl (C=O) groups is 1. The number of guanidine groups is 1. The molecule has 2 aromatic rings. The topological polar surface area (TPSA) is 80.5 Å². The lowest BCUT2D eigenvalue weighted by atomic mass is 10.1. The molecule has 2 aromatic carbocycles. The Balaban J connectivity index is 0.00000420. The molecule has 0 radical (unpaired) electrons. The van der Waals surface area contributed by atoms with Crippen LogP contribution in [0.1, 0.15) is 34.0 Å². The van der Waals surface area contributed by atoms with Gasteiger partial charge in [0.1, 0.15) is 5.82 Å². The van der Waals surface area contributed by atoms with Crippen molar-refractivity contribution in [2.45, 2.75) is 20.0 Å². The maximum atomic E-state index is 13.9. The molecule has 29 heavy (non-hydrogen) atoms. The normalized spacial score (nSPS) is 10.5. The molecule has 0 aromatic heterocycles. The van der Waals surface area contributed by atoms with Gasteiger partial charge >= 0.3 is 0 Å². The first-order valence-corrected chi connectivity index (χ1v) is 8.96. The number of benzene rings is 2. The van der Waals surface area contributed by atoms with Crippen molar-refractivity contribution in [2.24, 2.45) is 4.99 Å². The molecule has 0 unspecified atom stereocenters. The third-order valence-corrected chi connectivity index (χ3v) is 3.99. The van der Waals surface area contributed by atoms with Gasteiger partial charge in [-0.1, -0.05) is 12.1 Å². The van der Waals surface area contributed by atoms with Crippen LogP contribution in [0.15, 0.2) is 47.5 Å². The van der Waals surface area contributed by atoms with Gasteiger partial charge in [-0.15, -0.1) is 24.0 Å². The molecule has 1 amide bonds. The summed E-state index contributed by atoms with van der Waals surface area (Å²) in [5.74, 6) is 0.118. The van der Waals surface area contributed by atoms with E-state index in [9.17, 15) is 9.18 Å². The first-order valence-electron chi connectivity index (χ1n) is 8.96. The van der Waals surface area contributed by atoms with Crippen LogP contribution in [0.5, 0.6) is 0 Å². The van der Waals surface area contributed by atoms with Gasteiger partial charge in [0.15, 0.2) is 5.96 Å². The van der Waals surface area contributed by atoms with E-state index in [2.05, 4.69) is 15.6 Å². The van der Waals surface area contributed by atoms with E-state index in [-0.39, 0.29) is 42.2 Å². The van der Waals surface area contributed by atoms with Gasteiger partial charge in [0.05, 0.1) is 18.2 Å². The fraction of sp³-hybridized carbons (Fsp3) is 0.286. The number of amides is 1. The zero-order valence-electron chi connectivity index (χ0n) is 16.7. The van der Waals surface area contributed by atoms with E-state index in [0.717, 1.165) is 5.56 Å². The SMILES string of the molecule is CCNC(=NCc1ccc(C(=O)N(C)C)cc1)NCc1cc(C#N)ccc1F.I.